The van der Waals surface area contributed by atoms with E-state index in [-0.39, 0.29) is 12.1 Å². The fourth-order valence-electron chi connectivity index (χ4n) is 1.04. The SMILES string of the molecule is C=C(CNc1ccc(C)cc1Cl)C(=O)O. The number of hydrogen-bond donors (Lipinski definition) is 2. The third kappa shape index (κ3) is 3.29. The molecule has 0 unspecified atom stereocenters. The number of halogens is 1. The first-order chi connectivity index (χ1) is 7.00. The Morgan fingerprint density at radius 1 is 1.60 bits per heavy atom. The highest BCUT2D eigenvalue weighted by Crippen LogP contribution is 2.22. The molecule has 0 aliphatic heterocycles. The predicted octanol–water partition coefficient (Wildman–Crippen LogP) is 2.70. The van der Waals surface area contributed by atoms with Gasteiger partial charge in [0.15, 0.2) is 0 Å². The van der Waals surface area contributed by atoms with Crippen molar-refractivity contribution >= 4 is 23.3 Å². The molecule has 0 heterocycles. The van der Waals surface area contributed by atoms with E-state index in [9.17, 15) is 4.79 Å². The number of hydrogen-bond acceptors (Lipinski definition) is 2. The van der Waals surface area contributed by atoms with E-state index in [4.69, 9.17) is 16.7 Å². The first-order valence-electron chi connectivity index (χ1n) is 4.42. The monoisotopic (exact) mass is 225 g/mol. The number of aryl methyl sites for hydroxylation is 1. The lowest BCUT2D eigenvalue weighted by Gasteiger charge is -2.08. The fourth-order valence-corrected chi connectivity index (χ4v) is 1.34. The maximum Gasteiger partial charge on any atom is 0.332 e. The zero-order valence-corrected chi connectivity index (χ0v) is 9.14. The van der Waals surface area contributed by atoms with Gasteiger partial charge < -0.3 is 10.4 Å². The lowest BCUT2D eigenvalue weighted by molar-refractivity contribution is -0.132. The minimum atomic E-state index is -1.01. The molecular formula is C11H12ClNO2. The third-order valence-electron chi connectivity index (χ3n) is 1.92. The molecule has 1 rings (SSSR count). The van der Waals surface area contributed by atoms with Crippen LogP contribution in [0.3, 0.4) is 0 Å². The number of benzene rings is 1. The van der Waals surface area contributed by atoms with Gasteiger partial charge in [-0.25, -0.2) is 4.79 Å². The second-order valence-corrected chi connectivity index (χ2v) is 3.65. The maximum absolute atomic E-state index is 10.5. The third-order valence-corrected chi connectivity index (χ3v) is 2.23. The van der Waals surface area contributed by atoms with Crippen molar-refractivity contribution in [3.63, 3.8) is 0 Å². The summed E-state index contributed by atoms with van der Waals surface area (Å²) in [5.74, 6) is -1.01. The van der Waals surface area contributed by atoms with Gasteiger partial charge in [0, 0.05) is 12.1 Å². The van der Waals surface area contributed by atoms with Crippen molar-refractivity contribution in [2.75, 3.05) is 11.9 Å². The Bertz CT molecular complexity index is 402. The Kier molecular flexibility index (Phi) is 3.74. The van der Waals surface area contributed by atoms with Gasteiger partial charge >= 0.3 is 5.97 Å². The van der Waals surface area contributed by atoms with E-state index in [0.29, 0.717) is 10.7 Å². The van der Waals surface area contributed by atoms with Crippen LogP contribution in [-0.2, 0) is 4.79 Å². The average molecular weight is 226 g/mol. The van der Waals surface area contributed by atoms with Gasteiger partial charge in [-0.15, -0.1) is 0 Å². The molecule has 0 spiro atoms. The number of anilines is 1. The van der Waals surface area contributed by atoms with Gasteiger partial charge in [-0.3, -0.25) is 0 Å². The average Bonchev–Trinajstić information content (AvgIpc) is 2.15. The van der Waals surface area contributed by atoms with Crippen molar-refractivity contribution in [2.45, 2.75) is 6.92 Å². The molecule has 0 amide bonds. The van der Waals surface area contributed by atoms with Crippen molar-refractivity contribution in [1.29, 1.82) is 0 Å². The van der Waals surface area contributed by atoms with E-state index in [1.165, 1.54) is 0 Å². The van der Waals surface area contributed by atoms with Gasteiger partial charge in [-0.2, -0.15) is 0 Å². The van der Waals surface area contributed by atoms with Gasteiger partial charge in [-0.05, 0) is 24.6 Å². The van der Waals surface area contributed by atoms with Crippen LogP contribution < -0.4 is 5.32 Å². The largest absolute Gasteiger partial charge is 0.478 e. The molecule has 0 aliphatic rings. The van der Waals surface area contributed by atoms with Gasteiger partial charge in [0.05, 0.1) is 10.7 Å². The molecule has 15 heavy (non-hydrogen) atoms. The fraction of sp³-hybridized carbons (Fsp3) is 0.182. The van der Waals surface area contributed by atoms with E-state index in [1.54, 1.807) is 0 Å². The van der Waals surface area contributed by atoms with Crippen LogP contribution in [-0.4, -0.2) is 17.6 Å². The standard InChI is InChI=1S/C11H12ClNO2/c1-7-3-4-10(9(12)5-7)13-6-8(2)11(14)15/h3-5,13H,2,6H2,1H3,(H,14,15). The highest BCUT2D eigenvalue weighted by molar-refractivity contribution is 6.33. The van der Waals surface area contributed by atoms with E-state index in [0.717, 1.165) is 5.56 Å². The van der Waals surface area contributed by atoms with Crippen LogP contribution >= 0.6 is 11.6 Å². The summed E-state index contributed by atoms with van der Waals surface area (Å²) in [6, 6.07) is 5.53. The van der Waals surface area contributed by atoms with Crippen LogP contribution in [0.1, 0.15) is 5.56 Å². The Hall–Kier alpha value is -1.48. The number of carboxylic acid groups (broad SMARTS) is 1. The minimum absolute atomic E-state index is 0.103. The van der Waals surface area contributed by atoms with Gasteiger partial charge in [-0.1, -0.05) is 24.2 Å². The molecule has 3 nitrogen and oxygen atoms in total. The summed E-state index contributed by atoms with van der Waals surface area (Å²) in [4.78, 5) is 10.5. The normalized spacial score (nSPS) is 9.73. The van der Waals surface area contributed by atoms with Crippen molar-refractivity contribution in [2.24, 2.45) is 0 Å². The lowest BCUT2D eigenvalue weighted by Crippen LogP contribution is -2.11. The molecule has 0 saturated carbocycles. The van der Waals surface area contributed by atoms with Crippen molar-refractivity contribution in [1.82, 2.24) is 0 Å². The minimum Gasteiger partial charge on any atom is -0.478 e. The van der Waals surface area contributed by atoms with Crippen LogP contribution in [0, 0.1) is 6.92 Å². The number of rotatable bonds is 4. The summed E-state index contributed by atoms with van der Waals surface area (Å²) in [5, 5.41) is 12.1. The summed E-state index contributed by atoms with van der Waals surface area (Å²) in [6.07, 6.45) is 0. The van der Waals surface area contributed by atoms with Crippen LogP contribution in [0.15, 0.2) is 30.4 Å². The Morgan fingerprint density at radius 3 is 2.80 bits per heavy atom. The van der Waals surface area contributed by atoms with Crippen molar-refractivity contribution in [3.05, 3.63) is 40.9 Å². The molecule has 4 heteroatoms. The summed E-state index contributed by atoms with van der Waals surface area (Å²) < 4.78 is 0. The molecule has 0 radical (unpaired) electrons. The molecule has 0 saturated heterocycles. The van der Waals surface area contributed by atoms with Gasteiger partial charge in [0.2, 0.25) is 0 Å². The molecule has 0 bridgehead atoms. The Morgan fingerprint density at radius 2 is 2.27 bits per heavy atom. The molecule has 1 aromatic rings. The highest BCUT2D eigenvalue weighted by Gasteiger charge is 2.05. The summed E-state index contributed by atoms with van der Waals surface area (Å²) in [5.41, 5.74) is 1.87. The second-order valence-electron chi connectivity index (χ2n) is 3.25. The van der Waals surface area contributed by atoms with Crippen LogP contribution in [0.25, 0.3) is 0 Å². The maximum atomic E-state index is 10.5. The van der Waals surface area contributed by atoms with E-state index < -0.39 is 5.97 Å². The molecule has 0 fully saturated rings. The van der Waals surface area contributed by atoms with Crippen LogP contribution in [0.5, 0.6) is 0 Å². The van der Waals surface area contributed by atoms with Crippen molar-refractivity contribution < 1.29 is 9.90 Å². The van der Waals surface area contributed by atoms with Gasteiger partial charge in [0.1, 0.15) is 0 Å². The first kappa shape index (κ1) is 11.6. The van der Waals surface area contributed by atoms with Gasteiger partial charge in [0.25, 0.3) is 0 Å². The Labute approximate surface area is 93.4 Å². The Balaban J connectivity index is 2.66. The predicted molar refractivity (Wildman–Crippen MR) is 61.5 cm³/mol. The molecule has 80 valence electrons. The topological polar surface area (TPSA) is 49.3 Å². The summed E-state index contributed by atoms with van der Waals surface area (Å²) in [6.45, 7) is 5.53. The zero-order chi connectivity index (χ0) is 11.4. The zero-order valence-electron chi connectivity index (χ0n) is 8.38. The lowest BCUT2D eigenvalue weighted by atomic mass is 10.2. The van der Waals surface area contributed by atoms with Crippen molar-refractivity contribution in [3.8, 4) is 0 Å². The molecular weight excluding hydrogens is 214 g/mol. The number of carbonyl (C=O) groups is 1. The molecule has 2 N–H and O–H groups in total. The highest BCUT2D eigenvalue weighted by atomic mass is 35.5. The number of carboxylic acids is 1. The smallest absolute Gasteiger partial charge is 0.332 e. The molecule has 1 aromatic carbocycles. The van der Waals surface area contributed by atoms with Crippen LogP contribution in [0.2, 0.25) is 5.02 Å². The first-order valence-corrected chi connectivity index (χ1v) is 4.79. The summed E-state index contributed by atoms with van der Waals surface area (Å²) in [7, 11) is 0. The van der Waals surface area contributed by atoms with Crippen LogP contribution in [0.4, 0.5) is 5.69 Å². The molecule has 0 atom stereocenters. The summed E-state index contributed by atoms with van der Waals surface area (Å²) >= 11 is 5.95. The second kappa shape index (κ2) is 4.84. The van der Waals surface area contributed by atoms with E-state index in [2.05, 4.69) is 11.9 Å². The molecule has 0 aromatic heterocycles. The van der Waals surface area contributed by atoms with E-state index in [1.807, 2.05) is 25.1 Å². The van der Waals surface area contributed by atoms with E-state index >= 15 is 0 Å². The quantitative estimate of drug-likeness (QED) is 0.775. The number of nitrogens with one attached hydrogen (secondary N) is 1. The molecule has 0 aliphatic carbocycles. The number of aliphatic carboxylic acids is 1.